The van der Waals surface area contributed by atoms with E-state index < -0.39 is 0 Å². The van der Waals surface area contributed by atoms with Gasteiger partial charge in [0.05, 0.1) is 9.52 Å². The van der Waals surface area contributed by atoms with Crippen molar-refractivity contribution >= 4 is 14.7 Å². The Kier molecular flexibility index (Phi) is 5.14. The van der Waals surface area contributed by atoms with Crippen LogP contribution in [0.25, 0.3) is 0 Å². The van der Waals surface area contributed by atoms with E-state index in [-0.39, 0.29) is 0 Å². The van der Waals surface area contributed by atoms with E-state index in [0.29, 0.717) is 0 Å². The van der Waals surface area contributed by atoms with Crippen LogP contribution < -0.4 is 5.19 Å². The molecule has 0 aromatic heterocycles. The molecule has 86 valence electrons. The highest BCUT2D eigenvalue weighted by atomic mass is 28.2. The third-order valence-corrected chi connectivity index (χ3v) is 4.96. The topological polar surface area (TPSA) is 0 Å². The molecular formula is C15H22Si. The zero-order valence-electron chi connectivity index (χ0n) is 10.1. The van der Waals surface area contributed by atoms with Crippen LogP contribution in [-0.2, 0) is 0 Å². The van der Waals surface area contributed by atoms with Crippen molar-refractivity contribution in [1.82, 2.24) is 0 Å². The van der Waals surface area contributed by atoms with E-state index in [9.17, 15) is 0 Å². The van der Waals surface area contributed by atoms with Gasteiger partial charge in [0.25, 0.3) is 0 Å². The lowest BCUT2D eigenvalue weighted by Crippen LogP contribution is -2.13. The van der Waals surface area contributed by atoms with Crippen LogP contribution in [0.3, 0.4) is 0 Å². The number of hydrogen-bond donors (Lipinski definition) is 0. The maximum Gasteiger partial charge on any atom is 0.0807 e. The zero-order valence-corrected chi connectivity index (χ0v) is 11.1. The molecule has 1 aromatic carbocycles. The van der Waals surface area contributed by atoms with Crippen molar-refractivity contribution in [2.24, 2.45) is 5.92 Å². The molecule has 1 heteroatoms. The second-order valence-corrected chi connectivity index (χ2v) is 6.37. The lowest BCUT2D eigenvalue weighted by atomic mass is 9.86. The van der Waals surface area contributed by atoms with Crippen molar-refractivity contribution in [2.45, 2.75) is 51.0 Å². The molecule has 1 aliphatic rings. The monoisotopic (exact) mass is 230 g/mol. The van der Waals surface area contributed by atoms with Gasteiger partial charge in [-0.3, -0.25) is 0 Å². The highest BCUT2D eigenvalue weighted by molar-refractivity contribution is 6.53. The van der Waals surface area contributed by atoms with Crippen molar-refractivity contribution < 1.29 is 0 Å². The van der Waals surface area contributed by atoms with E-state index in [0.717, 1.165) is 15.4 Å². The molecule has 0 unspecified atom stereocenters. The van der Waals surface area contributed by atoms with Crippen LogP contribution in [0.4, 0.5) is 0 Å². The van der Waals surface area contributed by atoms with Crippen LogP contribution in [0.1, 0.15) is 44.9 Å². The third kappa shape index (κ3) is 4.13. The van der Waals surface area contributed by atoms with E-state index in [4.69, 9.17) is 0 Å². The Bertz CT molecular complexity index is 275. The molecule has 0 amide bonds. The van der Waals surface area contributed by atoms with Gasteiger partial charge in [-0.15, -0.1) is 0 Å². The summed E-state index contributed by atoms with van der Waals surface area (Å²) in [5.41, 5.74) is 0. The summed E-state index contributed by atoms with van der Waals surface area (Å²) in [5.74, 6) is 1.06. The molecule has 1 saturated carbocycles. The highest BCUT2D eigenvalue weighted by Crippen LogP contribution is 2.27. The first-order chi connectivity index (χ1) is 7.95. The standard InChI is InChI=1S/C15H22Si/c1-3-8-14(9-4-1)10-7-13-16-15-11-5-2-6-12-15/h2,5-6,11-12,14H,1,3-4,7-10,13H2. The van der Waals surface area contributed by atoms with E-state index in [1.807, 2.05) is 0 Å². The minimum Gasteiger partial charge on any atom is -0.0642 e. The lowest BCUT2D eigenvalue weighted by Gasteiger charge is -2.21. The van der Waals surface area contributed by atoms with E-state index in [1.165, 1.54) is 56.2 Å². The van der Waals surface area contributed by atoms with Gasteiger partial charge in [-0.25, -0.2) is 0 Å². The predicted molar refractivity (Wildman–Crippen MR) is 72.4 cm³/mol. The molecule has 1 aromatic rings. The van der Waals surface area contributed by atoms with Gasteiger partial charge in [-0.1, -0.05) is 86.5 Å². The van der Waals surface area contributed by atoms with E-state index >= 15 is 0 Å². The molecule has 0 atom stereocenters. The molecule has 1 fully saturated rings. The molecule has 0 nitrogen and oxygen atoms in total. The first kappa shape index (κ1) is 11.9. The smallest absolute Gasteiger partial charge is 0.0642 e. The number of rotatable bonds is 5. The van der Waals surface area contributed by atoms with Gasteiger partial charge in [0, 0.05) is 0 Å². The maximum atomic E-state index is 2.26. The molecule has 0 spiro atoms. The fourth-order valence-corrected chi connectivity index (χ4v) is 3.75. The Hall–Kier alpha value is -0.563. The number of benzene rings is 1. The van der Waals surface area contributed by atoms with E-state index in [1.54, 1.807) is 0 Å². The van der Waals surface area contributed by atoms with Crippen molar-refractivity contribution in [3.05, 3.63) is 30.3 Å². The second kappa shape index (κ2) is 6.90. The average Bonchev–Trinajstić information content (AvgIpc) is 2.37. The van der Waals surface area contributed by atoms with Crippen LogP contribution in [0.15, 0.2) is 30.3 Å². The Morgan fingerprint density at radius 2 is 1.75 bits per heavy atom. The quantitative estimate of drug-likeness (QED) is 0.533. The molecule has 2 radical (unpaired) electrons. The van der Waals surface area contributed by atoms with Gasteiger partial charge >= 0.3 is 0 Å². The molecule has 2 rings (SSSR count). The zero-order chi connectivity index (χ0) is 11.1. The van der Waals surface area contributed by atoms with Crippen LogP contribution in [0, 0.1) is 5.92 Å². The van der Waals surface area contributed by atoms with Crippen LogP contribution in [-0.4, -0.2) is 9.52 Å². The summed E-state index contributed by atoms with van der Waals surface area (Å²) in [6.45, 7) is 0. The summed E-state index contributed by atoms with van der Waals surface area (Å²) >= 11 is 0. The summed E-state index contributed by atoms with van der Waals surface area (Å²) in [4.78, 5) is 0. The summed E-state index contributed by atoms with van der Waals surface area (Å²) in [7, 11) is 1.03. The fourth-order valence-electron chi connectivity index (χ4n) is 2.66. The SMILES string of the molecule is c1ccc([Si]CCCC2CCCCC2)cc1. The van der Waals surface area contributed by atoms with Gasteiger partial charge in [0.15, 0.2) is 0 Å². The third-order valence-electron chi connectivity index (χ3n) is 3.62. The van der Waals surface area contributed by atoms with Crippen LogP contribution in [0.2, 0.25) is 6.04 Å². The largest absolute Gasteiger partial charge is 0.0807 e. The van der Waals surface area contributed by atoms with Gasteiger partial charge in [0.2, 0.25) is 0 Å². The predicted octanol–water partition coefficient (Wildman–Crippen LogP) is 3.79. The minimum atomic E-state index is 1.03. The van der Waals surface area contributed by atoms with Crippen molar-refractivity contribution in [1.29, 1.82) is 0 Å². The van der Waals surface area contributed by atoms with E-state index in [2.05, 4.69) is 30.3 Å². The Labute approximate surface area is 102 Å². The van der Waals surface area contributed by atoms with Crippen molar-refractivity contribution in [3.63, 3.8) is 0 Å². The van der Waals surface area contributed by atoms with Crippen LogP contribution in [0.5, 0.6) is 0 Å². The summed E-state index contributed by atoms with van der Waals surface area (Å²) in [6.07, 6.45) is 10.4. The normalized spacial score (nSPS) is 17.5. The summed E-state index contributed by atoms with van der Waals surface area (Å²) < 4.78 is 0. The molecular weight excluding hydrogens is 208 g/mol. The maximum absolute atomic E-state index is 2.26. The molecule has 16 heavy (non-hydrogen) atoms. The van der Waals surface area contributed by atoms with Gasteiger partial charge in [0.1, 0.15) is 0 Å². The molecule has 0 saturated heterocycles. The molecule has 1 aliphatic carbocycles. The Morgan fingerprint density at radius 3 is 2.50 bits per heavy atom. The first-order valence-corrected chi connectivity index (χ1v) is 7.95. The Morgan fingerprint density at radius 1 is 1.00 bits per heavy atom. The highest BCUT2D eigenvalue weighted by Gasteiger charge is 2.12. The minimum absolute atomic E-state index is 1.03. The van der Waals surface area contributed by atoms with Gasteiger partial charge < -0.3 is 0 Å². The van der Waals surface area contributed by atoms with Gasteiger partial charge in [-0.05, 0) is 5.92 Å². The fraction of sp³-hybridized carbons (Fsp3) is 0.600. The molecule has 0 bridgehead atoms. The molecule has 0 N–H and O–H groups in total. The second-order valence-electron chi connectivity index (χ2n) is 4.94. The first-order valence-electron chi connectivity index (χ1n) is 6.74. The molecule has 0 aliphatic heterocycles. The van der Waals surface area contributed by atoms with Crippen molar-refractivity contribution in [3.8, 4) is 0 Å². The number of hydrogen-bond acceptors (Lipinski definition) is 0. The van der Waals surface area contributed by atoms with Crippen LogP contribution >= 0.6 is 0 Å². The van der Waals surface area contributed by atoms with Crippen molar-refractivity contribution in [2.75, 3.05) is 0 Å². The summed E-state index contributed by atoms with van der Waals surface area (Å²) in [6, 6.07) is 12.3. The average molecular weight is 230 g/mol. The van der Waals surface area contributed by atoms with Gasteiger partial charge in [-0.2, -0.15) is 0 Å². The Balaban J connectivity index is 1.58. The molecule has 0 heterocycles. The summed E-state index contributed by atoms with van der Waals surface area (Å²) in [5, 5.41) is 1.53. The lowest BCUT2D eigenvalue weighted by molar-refractivity contribution is 0.336.